The molecule has 1 heterocycles. The Labute approximate surface area is 167 Å². The molecule has 28 heavy (non-hydrogen) atoms. The molecule has 5 nitrogen and oxygen atoms in total. The van der Waals surface area contributed by atoms with Gasteiger partial charge in [-0.25, -0.2) is 8.42 Å². The molecule has 1 aliphatic rings. The molecule has 0 aliphatic carbocycles. The van der Waals surface area contributed by atoms with E-state index in [1.54, 1.807) is 24.3 Å². The van der Waals surface area contributed by atoms with Gasteiger partial charge in [0.25, 0.3) is 0 Å². The van der Waals surface area contributed by atoms with E-state index in [2.05, 4.69) is 5.32 Å². The molecule has 2 aromatic carbocycles. The van der Waals surface area contributed by atoms with Crippen LogP contribution >= 0.6 is 0 Å². The predicted molar refractivity (Wildman–Crippen MR) is 110 cm³/mol. The van der Waals surface area contributed by atoms with E-state index in [0.717, 1.165) is 11.1 Å². The Morgan fingerprint density at radius 3 is 2.00 bits per heavy atom. The summed E-state index contributed by atoms with van der Waals surface area (Å²) in [5, 5.41) is 3.01. The molecule has 1 saturated heterocycles. The standard InChI is InChI=1S/C22H28N2O3S/c1-17-4-8-19(9-5-17)16-23-21(25)22(3)12-14-24(15-13-22)28(26,27)20-10-6-18(2)7-11-20/h4-11H,12-16H2,1-3H3,(H,23,25). The van der Waals surface area contributed by atoms with Gasteiger partial charge in [0.2, 0.25) is 15.9 Å². The van der Waals surface area contributed by atoms with Crippen molar-refractivity contribution in [1.29, 1.82) is 0 Å². The topological polar surface area (TPSA) is 66.5 Å². The second-order valence-corrected chi connectivity index (χ2v) is 9.88. The van der Waals surface area contributed by atoms with E-state index >= 15 is 0 Å². The zero-order chi connectivity index (χ0) is 20.4. The van der Waals surface area contributed by atoms with E-state index in [9.17, 15) is 13.2 Å². The fourth-order valence-corrected chi connectivity index (χ4v) is 4.85. The lowest BCUT2D eigenvalue weighted by Gasteiger charge is -2.37. The van der Waals surface area contributed by atoms with Crippen LogP contribution in [0.15, 0.2) is 53.4 Å². The molecule has 3 rings (SSSR count). The highest BCUT2D eigenvalue weighted by atomic mass is 32.2. The summed E-state index contributed by atoms with van der Waals surface area (Å²) < 4.78 is 27.2. The average Bonchev–Trinajstić information content (AvgIpc) is 2.68. The van der Waals surface area contributed by atoms with Gasteiger partial charge in [-0.15, -0.1) is 0 Å². The van der Waals surface area contributed by atoms with E-state index in [1.165, 1.54) is 9.87 Å². The third kappa shape index (κ3) is 4.45. The van der Waals surface area contributed by atoms with Crippen molar-refractivity contribution in [2.45, 2.75) is 45.1 Å². The molecule has 0 bridgehead atoms. The number of piperidine rings is 1. The van der Waals surface area contributed by atoms with Crippen LogP contribution in [0.4, 0.5) is 0 Å². The van der Waals surface area contributed by atoms with Gasteiger partial charge in [-0.3, -0.25) is 4.79 Å². The van der Waals surface area contributed by atoms with E-state index in [4.69, 9.17) is 0 Å². The van der Waals surface area contributed by atoms with Crippen LogP contribution in [0.3, 0.4) is 0 Å². The number of rotatable bonds is 5. The molecule has 2 aromatic rings. The number of amides is 1. The lowest BCUT2D eigenvalue weighted by Crippen LogP contribution is -2.48. The van der Waals surface area contributed by atoms with Gasteiger partial charge in [0.15, 0.2) is 0 Å². The molecule has 0 radical (unpaired) electrons. The minimum Gasteiger partial charge on any atom is -0.352 e. The van der Waals surface area contributed by atoms with Crippen LogP contribution < -0.4 is 5.32 Å². The first-order chi connectivity index (χ1) is 13.2. The first kappa shape index (κ1) is 20.6. The molecule has 0 aromatic heterocycles. The Hall–Kier alpha value is -2.18. The second-order valence-electron chi connectivity index (χ2n) is 7.95. The Morgan fingerprint density at radius 2 is 1.46 bits per heavy atom. The van der Waals surface area contributed by atoms with Crippen LogP contribution in [-0.2, 0) is 21.4 Å². The maximum atomic E-state index is 12.8. The lowest BCUT2D eigenvalue weighted by atomic mass is 9.80. The SMILES string of the molecule is Cc1ccc(CNC(=O)C2(C)CCN(S(=O)(=O)c3ccc(C)cc3)CC2)cc1. The number of nitrogens with zero attached hydrogens (tertiary/aromatic N) is 1. The molecule has 0 saturated carbocycles. The maximum absolute atomic E-state index is 12.8. The van der Waals surface area contributed by atoms with Crippen molar-refractivity contribution in [2.24, 2.45) is 5.41 Å². The zero-order valence-electron chi connectivity index (χ0n) is 16.7. The smallest absolute Gasteiger partial charge is 0.243 e. The number of hydrogen-bond donors (Lipinski definition) is 1. The number of aryl methyl sites for hydroxylation is 2. The van der Waals surface area contributed by atoms with Crippen LogP contribution in [0, 0.1) is 19.3 Å². The van der Waals surface area contributed by atoms with Crippen molar-refractivity contribution < 1.29 is 13.2 Å². The highest BCUT2D eigenvalue weighted by Crippen LogP contribution is 2.33. The molecule has 1 aliphatic heterocycles. The summed E-state index contributed by atoms with van der Waals surface area (Å²) in [6.45, 7) is 7.07. The van der Waals surface area contributed by atoms with Gasteiger partial charge < -0.3 is 5.32 Å². The van der Waals surface area contributed by atoms with E-state index < -0.39 is 15.4 Å². The van der Waals surface area contributed by atoms with E-state index in [1.807, 2.05) is 45.0 Å². The van der Waals surface area contributed by atoms with E-state index in [0.29, 0.717) is 37.4 Å². The molecule has 6 heteroatoms. The molecule has 1 amide bonds. The van der Waals surface area contributed by atoms with Crippen molar-refractivity contribution in [2.75, 3.05) is 13.1 Å². The molecule has 1 fully saturated rings. The van der Waals surface area contributed by atoms with Crippen molar-refractivity contribution >= 4 is 15.9 Å². The van der Waals surface area contributed by atoms with Crippen LogP contribution in [0.2, 0.25) is 0 Å². The van der Waals surface area contributed by atoms with Crippen molar-refractivity contribution in [1.82, 2.24) is 9.62 Å². The predicted octanol–water partition coefficient (Wildman–Crippen LogP) is 3.41. The highest BCUT2D eigenvalue weighted by molar-refractivity contribution is 7.89. The Morgan fingerprint density at radius 1 is 0.964 bits per heavy atom. The Balaban J connectivity index is 1.60. The summed E-state index contributed by atoms with van der Waals surface area (Å²) in [7, 11) is -3.51. The first-order valence-electron chi connectivity index (χ1n) is 9.61. The number of carbonyl (C=O) groups is 1. The van der Waals surface area contributed by atoms with Gasteiger partial charge in [0.05, 0.1) is 4.90 Å². The van der Waals surface area contributed by atoms with Gasteiger partial charge in [-0.1, -0.05) is 54.4 Å². The van der Waals surface area contributed by atoms with Gasteiger partial charge in [0.1, 0.15) is 0 Å². The fourth-order valence-electron chi connectivity index (χ4n) is 3.41. The van der Waals surface area contributed by atoms with Gasteiger partial charge in [-0.05, 0) is 44.4 Å². The normalized spacial score (nSPS) is 17.2. The molecule has 1 N–H and O–H groups in total. The summed E-state index contributed by atoms with van der Waals surface area (Å²) in [6.07, 6.45) is 1.02. The quantitative estimate of drug-likeness (QED) is 0.836. The summed E-state index contributed by atoms with van der Waals surface area (Å²) >= 11 is 0. The van der Waals surface area contributed by atoms with Gasteiger partial charge in [0, 0.05) is 25.0 Å². The number of hydrogen-bond acceptors (Lipinski definition) is 3. The summed E-state index contributed by atoms with van der Waals surface area (Å²) in [5.41, 5.74) is 2.71. The molecule has 0 spiro atoms. The largest absolute Gasteiger partial charge is 0.352 e. The second kappa shape index (κ2) is 8.05. The monoisotopic (exact) mass is 400 g/mol. The minimum absolute atomic E-state index is 0.0135. The molecule has 150 valence electrons. The summed E-state index contributed by atoms with van der Waals surface area (Å²) in [6, 6.07) is 15.0. The fraction of sp³-hybridized carbons (Fsp3) is 0.409. The first-order valence-corrected chi connectivity index (χ1v) is 11.1. The zero-order valence-corrected chi connectivity index (χ0v) is 17.6. The van der Waals surface area contributed by atoms with E-state index in [-0.39, 0.29) is 5.91 Å². The minimum atomic E-state index is -3.51. The number of nitrogens with one attached hydrogen (secondary N) is 1. The Kier molecular flexibility index (Phi) is 5.91. The van der Waals surface area contributed by atoms with Crippen LogP contribution in [0.1, 0.15) is 36.5 Å². The van der Waals surface area contributed by atoms with Crippen molar-refractivity contribution in [3.63, 3.8) is 0 Å². The van der Waals surface area contributed by atoms with Crippen LogP contribution in [0.25, 0.3) is 0 Å². The third-order valence-electron chi connectivity index (χ3n) is 5.61. The molecular weight excluding hydrogens is 372 g/mol. The molecular formula is C22H28N2O3S. The number of benzene rings is 2. The summed E-state index contributed by atoms with van der Waals surface area (Å²) in [4.78, 5) is 13.1. The van der Waals surface area contributed by atoms with Crippen LogP contribution in [0.5, 0.6) is 0 Å². The number of sulfonamides is 1. The molecule has 0 atom stereocenters. The van der Waals surface area contributed by atoms with Crippen molar-refractivity contribution in [3.8, 4) is 0 Å². The summed E-state index contributed by atoms with van der Waals surface area (Å²) in [5.74, 6) is -0.0135. The number of carbonyl (C=O) groups excluding carboxylic acids is 1. The maximum Gasteiger partial charge on any atom is 0.243 e. The van der Waals surface area contributed by atoms with Crippen molar-refractivity contribution in [3.05, 3.63) is 65.2 Å². The van der Waals surface area contributed by atoms with Crippen LogP contribution in [-0.4, -0.2) is 31.7 Å². The third-order valence-corrected chi connectivity index (χ3v) is 7.52. The highest BCUT2D eigenvalue weighted by Gasteiger charge is 2.40. The Bertz CT molecular complexity index is 927. The average molecular weight is 401 g/mol. The molecule has 0 unspecified atom stereocenters. The lowest BCUT2D eigenvalue weighted by molar-refractivity contribution is -0.132. The van der Waals surface area contributed by atoms with Gasteiger partial charge >= 0.3 is 0 Å². The van der Waals surface area contributed by atoms with Gasteiger partial charge in [-0.2, -0.15) is 4.31 Å².